The van der Waals surface area contributed by atoms with E-state index in [2.05, 4.69) is 10.6 Å². The predicted octanol–water partition coefficient (Wildman–Crippen LogP) is 1.83. The second-order valence-electron chi connectivity index (χ2n) is 5.87. The number of amides is 2. The summed E-state index contributed by atoms with van der Waals surface area (Å²) < 4.78 is 34.7. The SMILES string of the molecule is O=C(NCCS(=O)(=O)Cc1ccccc1)NCc1ccc2c(c1)OCO2. The Bertz CT molecular complexity index is 868. The second kappa shape index (κ2) is 8.09. The van der Waals surface area contributed by atoms with Crippen LogP contribution in [0.4, 0.5) is 4.79 Å². The average molecular weight is 376 g/mol. The van der Waals surface area contributed by atoms with Crippen molar-refractivity contribution in [2.24, 2.45) is 0 Å². The van der Waals surface area contributed by atoms with E-state index in [4.69, 9.17) is 9.47 Å². The van der Waals surface area contributed by atoms with Crippen LogP contribution >= 0.6 is 0 Å². The van der Waals surface area contributed by atoms with Gasteiger partial charge in [0, 0.05) is 13.1 Å². The van der Waals surface area contributed by atoms with Gasteiger partial charge in [0.2, 0.25) is 6.79 Å². The van der Waals surface area contributed by atoms with E-state index in [9.17, 15) is 13.2 Å². The monoisotopic (exact) mass is 376 g/mol. The van der Waals surface area contributed by atoms with Crippen LogP contribution in [0.2, 0.25) is 0 Å². The molecule has 0 saturated carbocycles. The molecule has 0 saturated heterocycles. The first-order valence-electron chi connectivity index (χ1n) is 8.16. The van der Waals surface area contributed by atoms with E-state index < -0.39 is 15.9 Å². The number of fused-ring (bicyclic) bond motifs is 1. The van der Waals surface area contributed by atoms with Crippen LogP contribution < -0.4 is 20.1 Å². The second-order valence-corrected chi connectivity index (χ2v) is 8.06. The van der Waals surface area contributed by atoms with Gasteiger partial charge in [-0.15, -0.1) is 0 Å². The van der Waals surface area contributed by atoms with Crippen molar-refractivity contribution in [2.75, 3.05) is 19.1 Å². The van der Waals surface area contributed by atoms with E-state index in [1.807, 2.05) is 12.1 Å². The molecule has 2 aromatic rings. The third kappa shape index (κ3) is 5.13. The molecule has 2 aromatic carbocycles. The molecule has 1 aliphatic rings. The molecule has 2 N–H and O–H groups in total. The zero-order valence-electron chi connectivity index (χ0n) is 14.1. The number of urea groups is 1. The van der Waals surface area contributed by atoms with Crippen LogP contribution in [-0.4, -0.2) is 33.5 Å². The topological polar surface area (TPSA) is 93.7 Å². The lowest BCUT2D eigenvalue weighted by Crippen LogP contribution is -2.37. The van der Waals surface area contributed by atoms with Crippen LogP contribution in [-0.2, 0) is 22.1 Å². The summed E-state index contributed by atoms with van der Waals surface area (Å²) in [5.74, 6) is 1.19. The van der Waals surface area contributed by atoms with E-state index in [1.165, 1.54) is 0 Å². The van der Waals surface area contributed by atoms with Crippen LogP contribution in [0.1, 0.15) is 11.1 Å². The van der Waals surface area contributed by atoms with Crippen molar-refractivity contribution in [1.29, 1.82) is 0 Å². The minimum Gasteiger partial charge on any atom is -0.454 e. The molecule has 138 valence electrons. The molecule has 0 atom stereocenters. The van der Waals surface area contributed by atoms with Gasteiger partial charge in [-0.2, -0.15) is 0 Å². The normalized spacial score (nSPS) is 12.6. The Morgan fingerprint density at radius 1 is 0.962 bits per heavy atom. The smallest absolute Gasteiger partial charge is 0.315 e. The fourth-order valence-electron chi connectivity index (χ4n) is 2.52. The largest absolute Gasteiger partial charge is 0.454 e. The maximum absolute atomic E-state index is 12.1. The van der Waals surface area contributed by atoms with Crippen LogP contribution in [0.3, 0.4) is 0 Å². The molecule has 26 heavy (non-hydrogen) atoms. The highest BCUT2D eigenvalue weighted by molar-refractivity contribution is 7.90. The van der Waals surface area contributed by atoms with Crippen molar-refractivity contribution in [2.45, 2.75) is 12.3 Å². The van der Waals surface area contributed by atoms with Crippen LogP contribution in [0.25, 0.3) is 0 Å². The lowest BCUT2D eigenvalue weighted by atomic mass is 10.2. The highest BCUT2D eigenvalue weighted by Crippen LogP contribution is 2.32. The molecular weight excluding hydrogens is 356 g/mol. The summed E-state index contributed by atoms with van der Waals surface area (Å²) in [6.07, 6.45) is 0. The molecule has 0 radical (unpaired) electrons. The number of carbonyl (C=O) groups is 1. The van der Waals surface area contributed by atoms with E-state index in [0.29, 0.717) is 18.0 Å². The third-order valence-electron chi connectivity index (χ3n) is 3.82. The summed E-state index contributed by atoms with van der Waals surface area (Å²) >= 11 is 0. The summed E-state index contributed by atoms with van der Waals surface area (Å²) in [6.45, 7) is 0.561. The van der Waals surface area contributed by atoms with Gasteiger partial charge in [-0.1, -0.05) is 36.4 Å². The minimum absolute atomic E-state index is 0.0334. The maximum Gasteiger partial charge on any atom is 0.315 e. The highest BCUT2D eigenvalue weighted by atomic mass is 32.2. The number of rotatable bonds is 7. The van der Waals surface area contributed by atoms with Gasteiger partial charge in [-0.05, 0) is 23.3 Å². The third-order valence-corrected chi connectivity index (χ3v) is 5.42. The molecule has 3 rings (SSSR count). The van der Waals surface area contributed by atoms with Gasteiger partial charge in [-0.25, -0.2) is 13.2 Å². The molecule has 1 heterocycles. The lowest BCUT2D eigenvalue weighted by Gasteiger charge is -2.09. The molecule has 0 fully saturated rings. The number of nitrogens with one attached hydrogen (secondary N) is 2. The average Bonchev–Trinajstić information content (AvgIpc) is 3.08. The lowest BCUT2D eigenvalue weighted by molar-refractivity contribution is 0.174. The summed E-state index contributed by atoms with van der Waals surface area (Å²) in [6, 6.07) is 14.0. The van der Waals surface area contributed by atoms with Gasteiger partial charge in [0.15, 0.2) is 21.3 Å². The Labute approximate surface area is 152 Å². The summed E-state index contributed by atoms with van der Waals surface area (Å²) in [7, 11) is -3.28. The molecule has 2 amide bonds. The van der Waals surface area contributed by atoms with Gasteiger partial charge >= 0.3 is 6.03 Å². The Balaban J connectivity index is 1.40. The Morgan fingerprint density at radius 3 is 2.54 bits per heavy atom. The van der Waals surface area contributed by atoms with E-state index in [1.54, 1.807) is 36.4 Å². The van der Waals surface area contributed by atoms with Gasteiger partial charge in [0.25, 0.3) is 0 Å². The first-order chi connectivity index (χ1) is 12.5. The first kappa shape index (κ1) is 18.1. The first-order valence-corrected chi connectivity index (χ1v) is 9.98. The Kier molecular flexibility index (Phi) is 5.62. The van der Waals surface area contributed by atoms with Crippen molar-refractivity contribution >= 4 is 15.9 Å². The molecule has 0 aliphatic carbocycles. The van der Waals surface area contributed by atoms with Crippen molar-refractivity contribution < 1.29 is 22.7 Å². The summed E-state index contributed by atoms with van der Waals surface area (Å²) in [5.41, 5.74) is 1.60. The Hall–Kier alpha value is -2.74. The van der Waals surface area contributed by atoms with E-state index in [-0.39, 0.29) is 24.8 Å². The number of ether oxygens (including phenoxy) is 2. The number of hydrogen-bond acceptors (Lipinski definition) is 5. The predicted molar refractivity (Wildman–Crippen MR) is 96.7 cm³/mol. The highest BCUT2D eigenvalue weighted by Gasteiger charge is 2.14. The van der Waals surface area contributed by atoms with Crippen LogP contribution in [0.5, 0.6) is 11.5 Å². The summed E-state index contributed by atoms with van der Waals surface area (Å²) in [5, 5.41) is 5.25. The number of sulfone groups is 1. The van der Waals surface area contributed by atoms with Gasteiger partial charge in [0.1, 0.15) is 0 Å². The van der Waals surface area contributed by atoms with Crippen molar-refractivity contribution in [1.82, 2.24) is 10.6 Å². The molecule has 7 nitrogen and oxygen atoms in total. The van der Waals surface area contributed by atoms with Gasteiger partial charge < -0.3 is 20.1 Å². The molecule has 0 aromatic heterocycles. The zero-order chi connectivity index (χ0) is 18.4. The fourth-order valence-corrected chi connectivity index (χ4v) is 3.77. The van der Waals surface area contributed by atoms with E-state index >= 15 is 0 Å². The number of benzene rings is 2. The molecule has 0 unspecified atom stereocenters. The molecule has 0 bridgehead atoms. The maximum atomic E-state index is 12.1. The fraction of sp³-hybridized carbons (Fsp3) is 0.278. The Morgan fingerprint density at radius 2 is 1.73 bits per heavy atom. The van der Waals surface area contributed by atoms with Gasteiger partial charge in [0.05, 0.1) is 11.5 Å². The van der Waals surface area contributed by atoms with Gasteiger partial charge in [-0.3, -0.25) is 0 Å². The van der Waals surface area contributed by atoms with Crippen molar-refractivity contribution in [3.63, 3.8) is 0 Å². The summed E-state index contributed by atoms with van der Waals surface area (Å²) in [4.78, 5) is 11.8. The molecule has 8 heteroatoms. The van der Waals surface area contributed by atoms with E-state index in [0.717, 1.165) is 11.1 Å². The molecule has 0 spiro atoms. The number of carbonyl (C=O) groups excluding carboxylic acids is 1. The zero-order valence-corrected chi connectivity index (χ0v) is 14.9. The van der Waals surface area contributed by atoms with Crippen LogP contribution in [0, 0.1) is 0 Å². The van der Waals surface area contributed by atoms with Crippen molar-refractivity contribution in [3.05, 3.63) is 59.7 Å². The minimum atomic E-state index is -3.28. The molecular formula is C18H20N2O5S. The number of hydrogen-bond donors (Lipinski definition) is 2. The quantitative estimate of drug-likeness (QED) is 0.769. The van der Waals surface area contributed by atoms with Crippen molar-refractivity contribution in [3.8, 4) is 11.5 Å². The standard InChI is InChI=1S/C18H20N2O5S/c21-18(20-11-15-6-7-16-17(10-15)25-13-24-16)19-8-9-26(22,23)12-14-4-2-1-3-5-14/h1-7,10H,8-9,11-13H2,(H2,19,20,21). The molecule has 1 aliphatic heterocycles. The van der Waals surface area contributed by atoms with Crippen LogP contribution in [0.15, 0.2) is 48.5 Å².